The van der Waals surface area contributed by atoms with Crippen LogP contribution in [0.15, 0.2) is 65.1 Å². The van der Waals surface area contributed by atoms with E-state index in [9.17, 15) is 0 Å². The fourth-order valence-corrected chi connectivity index (χ4v) is 5.95. The Morgan fingerprint density at radius 1 is 0.489 bits per heavy atom. The maximum absolute atomic E-state index is 6.32. The van der Waals surface area contributed by atoms with Gasteiger partial charge in [-0.25, -0.2) is 0 Å². The zero-order chi connectivity index (χ0) is 32.3. The van der Waals surface area contributed by atoms with Crippen LogP contribution >= 0.6 is 11.3 Å². The molecule has 0 aliphatic carbocycles. The Kier molecular flexibility index (Phi) is 8.88. The van der Waals surface area contributed by atoms with Crippen LogP contribution in [0.4, 0.5) is 0 Å². The monoisotopic (exact) mass is 602 g/mol. The molecular weight excluding hydrogens is 589 g/mol. The Balaban J connectivity index is 1.13. The lowest BCUT2D eigenvalue weighted by Crippen LogP contribution is -1.76. The van der Waals surface area contributed by atoms with Crippen molar-refractivity contribution in [3.05, 3.63) is 71.8 Å². The Bertz CT molecular complexity index is 3030. The molecule has 4 aromatic carbocycles. The number of aryl methyl sites for hydroxylation is 1. The van der Waals surface area contributed by atoms with Crippen molar-refractivity contribution in [1.82, 2.24) is 0 Å². The summed E-state index contributed by atoms with van der Waals surface area (Å²) in [6.07, 6.45) is 4.97. The van der Waals surface area contributed by atoms with E-state index >= 15 is 0 Å². The van der Waals surface area contributed by atoms with Gasteiger partial charge >= 0.3 is 0 Å². The molecule has 0 atom stereocenters. The van der Waals surface area contributed by atoms with Gasteiger partial charge in [-0.15, -0.1) is 17.8 Å². The maximum atomic E-state index is 6.32. The fourth-order valence-electron chi connectivity index (χ4n) is 4.74. The molecule has 0 aliphatic rings. The summed E-state index contributed by atoms with van der Waals surface area (Å²) >= 11 is 1.78. The number of thiophene rings is 1. The summed E-state index contributed by atoms with van der Waals surface area (Å²) in [5.41, 5.74) is 3.94. The second-order valence-electron chi connectivity index (χ2n) is 9.54. The molecule has 0 spiro atoms. The molecule has 0 radical (unpaired) electrons. The van der Waals surface area contributed by atoms with Gasteiger partial charge in [-0.3, -0.25) is 0 Å². The zero-order valence-electron chi connectivity index (χ0n) is 24.7. The van der Waals surface area contributed by atoms with Crippen LogP contribution in [0.2, 0.25) is 0 Å². The summed E-state index contributed by atoms with van der Waals surface area (Å²) in [6, 6.07) is 21.3. The summed E-state index contributed by atoms with van der Waals surface area (Å²) in [5.74, 6) is 54.0. The topological polar surface area (TPSA) is 13.1 Å². The highest BCUT2D eigenvalue weighted by molar-refractivity contribution is 7.26. The number of terminal acetylenes is 1. The van der Waals surface area contributed by atoms with E-state index in [2.05, 4.69) is 186 Å². The number of benzene rings is 4. The van der Waals surface area contributed by atoms with Gasteiger partial charge in [0.1, 0.15) is 11.2 Å². The van der Waals surface area contributed by atoms with Crippen molar-refractivity contribution in [3.8, 4) is 131 Å². The normalized spacial score (nSPS) is 8.51. The molecule has 0 saturated heterocycles. The van der Waals surface area contributed by atoms with Crippen molar-refractivity contribution >= 4 is 64.2 Å². The third-order valence-electron chi connectivity index (χ3n) is 6.63. The van der Waals surface area contributed by atoms with Crippen molar-refractivity contribution in [2.24, 2.45) is 0 Å². The Hall–Kier alpha value is -7.68. The van der Waals surface area contributed by atoms with Crippen molar-refractivity contribution in [1.29, 1.82) is 0 Å². The summed E-state index contributed by atoms with van der Waals surface area (Å²) < 4.78 is 8.76. The lowest BCUT2D eigenvalue weighted by Gasteiger charge is -2.01. The third-order valence-corrected chi connectivity index (χ3v) is 7.84. The Labute approximate surface area is 277 Å². The maximum Gasteiger partial charge on any atom is 0.143 e. The molecule has 6 aromatic rings. The van der Waals surface area contributed by atoms with Gasteiger partial charge in [0.05, 0.1) is 0 Å². The Morgan fingerprint density at radius 2 is 1.00 bits per heavy atom. The SMILES string of the molecule is C#CC#CC#CC#CC#CC#CC#CC#CC#CC#CC#Cc1ccc2sc3c(ccc4c3ccc3c5cc(C)ccc5oc34)c2c1. The van der Waals surface area contributed by atoms with Gasteiger partial charge in [0.2, 0.25) is 0 Å². The number of furan rings is 1. The molecule has 206 valence electrons. The third kappa shape index (κ3) is 6.78. The summed E-state index contributed by atoms with van der Waals surface area (Å²) in [5, 5.41) is 6.97. The van der Waals surface area contributed by atoms with E-state index in [1.807, 2.05) is 6.07 Å². The molecule has 0 fully saturated rings. The first-order valence-corrected chi connectivity index (χ1v) is 14.7. The van der Waals surface area contributed by atoms with Crippen molar-refractivity contribution in [3.63, 3.8) is 0 Å². The minimum Gasteiger partial charge on any atom is -0.455 e. The van der Waals surface area contributed by atoms with Crippen LogP contribution in [0.5, 0.6) is 0 Å². The number of fused-ring (bicyclic) bond motifs is 9. The molecule has 47 heavy (non-hydrogen) atoms. The molecule has 2 heteroatoms. The molecule has 2 heterocycles. The standard InChI is InChI=1S/C45H14OS/c1-3-4-5-6-7-8-9-10-11-12-13-14-15-16-17-18-19-20-21-22-23-35-25-31-43-41(33-35)39-29-26-36-38(45(39)47-43)28-27-37-40-32-34(2)24-30-42(40)46-44(36)37/h1,24-33H,2H3. The molecule has 0 bridgehead atoms. The van der Waals surface area contributed by atoms with E-state index in [1.54, 1.807) is 11.3 Å². The van der Waals surface area contributed by atoms with Crippen molar-refractivity contribution in [2.45, 2.75) is 6.92 Å². The number of hydrogen-bond donors (Lipinski definition) is 0. The fraction of sp³-hybridized carbons (Fsp3) is 0.0222. The Morgan fingerprint density at radius 3 is 1.60 bits per heavy atom. The van der Waals surface area contributed by atoms with E-state index in [-0.39, 0.29) is 0 Å². The number of hydrogen-bond acceptors (Lipinski definition) is 2. The molecule has 6 rings (SSSR count). The highest BCUT2D eigenvalue weighted by atomic mass is 32.1. The van der Waals surface area contributed by atoms with Gasteiger partial charge in [0.25, 0.3) is 0 Å². The quantitative estimate of drug-likeness (QED) is 0.165. The summed E-state index contributed by atoms with van der Waals surface area (Å²) in [7, 11) is 0. The number of rotatable bonds is 0. The lowest BCUT2D eigenvalue weighted by atomic mass is 10.0. The van der Waals surface area contributed by atoms with Crippen molar-refractivity contribution in [2.75, 3.05) is 0 Å². The van der Waals surface area contributed by atoms with Crippen LogP contribution in [0.1, 0.15) is 11.1 Å². The molecule has 0 N–H and O–H groups in total. The second kappa shape index (κ2) is 14.2. The van der Waals surface area contributed by atoms with Gasteiger partial charge in [-0.05, 0) is 144 Å². The molecule has 2 aromatic heterocycles. The minimum atomic E-state index is 0.884. The smallest absolute Gasteiger partial charge is 0.143 e. The van der Waals surface area contributed by atoms with Crippen LogP contribution in [0.25, 0.3) is 52.9 Å². The molecule has 1 nitrogen and oxygen atoms in total. The zero-order valence-corrected chi connectivity index (χ0v) is 25.5. The largest absolute Gasteiger partial charge is 0.455 e. The molecule has 0 amide bonds. The van der Waals surface area contributed by atoms with Crippen LogP contribution in [0.3, 0.4) is 0 Å². The van der Waals surface area contributed by atoms with Gasteiger partial charge in [0.15, 0.2) is 0 Å². The van der Waals surface area contributed by atoms with Gasteiger partial charge in [-0.2, -0.15) is 0 Å². The molecular formula is C45H14OS. The first-order chi connectivity index (χ1) is 23.2. The first kappa shape index (κ1) is 29.4. The van der Waals surface area contributed by atoms with E-state index in [4.69, 9.17) is 10.8 Å². The van der Waals surface area contributed by atoms with Gasteiger partial charge in [0, 0.05) is 71.0 Å². The van der Waals surface area contributed by atoms with Crippen molar-refractivity contribution < 1.29 is 4.42 Å². The van der Waals surface area contributed by atoms with Gasteiger partial charge in [-0.1, -0.05) is 29.7 Å². The highest BCUT2D eigenvalue weighted by Gasteiger charge is 2.14. The molecule has 0 aliphatic heterocycles. The first-order valence-electron chi connectivity index (χ1n) is 13.9. The lowest BCUT2D eigenvalue weighted by molar-refractivity contribution is 0.672. The predicted molar refractivity (Wildman–Crippen MR) is 195 cm³/mol. The second-order valence-corrected chi connectivity index (χ2v) is 10.6. The summed E-state index contributed by atoms with van der Waals surface area (Å²) in [6.45, 7) is 2.10. The van der Waals surface area contributed by atoms with E-state index < -0.39 is 0 Å². The van der Waals surface area contributed by atoms with E-state index in [0.717, 1.165) is 32.9 Å². The molecule has 0 saturated carbocycles. The minimum absolute atomic E-state index is 0.884. The average molecular weight is 603 g/mol. The van der Waals surface area contributed by atoms with Gasteiger partial charge < -0.3 is 4.42 Å². The highest BCUT2D eigenvalue weighted by Crippen LogP contribution is 2.42. The van der Waals surface area contributed by atoms with Crippen LogP contribution < -0.4 is 0 Å². The van der Waals surface area contributed by atoms with Crippen LogP contribution in [-0.4, -0.2) is 0 Å². The average Bonchev–Trinajstić information content (AvgIpc) is 3.65. The van der Waals surface area contributed by atoms with Crippen LogP contribution in [0, 0.1) is 138 Å². The predicted octanol–water partition coefficient (Wildman–Crippen LogP) is 7.43. The van der Waals surface area contributed by atoms with E-state index in [1.165, 1.54) is 31.1 Å². The van der Waals surface area contributed by atoms with Crippen LogP contribution in [-0.2, 0) is 0 Å². The van der Waals surface area contributed by atoms with E-state index in [0.29, 0.717) is 0 Å². The summed E-state index contributed by atoms with van der Waals surface area (Å²) in [4.78, 5) is 0. The molecule has 0 unspecified atom stereocenters.